The number of hydrogen-bond donors (Lipinski definition) is 2. The fraction of sp³-hybridized carbons (Fsp3) is 0.292. The van der Waals surface area contributed by atoms with Gasteiger partial charge in [-0.1, -0.05) is 6.07 Å². The summed E-state index contributed by atoms with van der Waals surface area (Å²) in [6.07, 6.45) is 3.88. The normalized spacial score (nSPS) is 14.9. The Morgan fingerprint density at radius 3 is 2.61 bits per heavy atom. The smallest absolute Gasteiger partial charge is 0.334 e. The van der Waals surface area contributed by atoms with Crippen LogP contribution in [0.1, 0.15) is 32.8 Å². The van der Waals surface area contributed by atoms with Gasteiger partial charge in [0.2, 0.25) is 0 Å². The van der Waals surface area contributed by atoms with Crippen molar-refractivity contribution < 1.29 is 23.1 Å². The van der Waals surface area contributed by atoms with Crippen molar-refractivity contribution in [2.24, 2.45) is 10.7 Å². The van der Waals surface area contributed by atoms with E-state index in [1.165, 1.54) is 43.5 Å². The fourth-order valence-corrected chi connectivity index (χ4v) is 2.97. The topological polar surface area (TPSA) is 97.0 Å². The molecule has 3 N–H and O–H groups in total. The molecular formula is C24H28F2N4O3. The second-order valence-electron chi connectivity index (χ2n) is 7.64. The first kappa shape index (κ1) is 25.5. The van der Waals surface area contributed by atoms with Crippen LogP contribution in [0.2, 0.25) is 0 Å². The molecule has 1 amide bonds. The molecule has 1 aromatic rings. The molecule has 0 radical (unpaired) electrons. The lowest BCUT2D eigenvalue weighted by atomic mass is 10.1. The molecule has 0 spiro atoms. The maximum absolute atomic E-state index is 14.6. The molecule has 0 aliphatic carbocycles. The molecule has 9 heteroatoms. The van der Waals surface area contributed by atoms with Crippen molar-refractivity contribution in [1.82, 2.24) is 4.90 Å². The van der Waals surface area contributed by atoms with Gasteiger partial charge in [-0.3, -0.25) is 4.79 Å². The predicted octanol–water partition coefficient (Wildman–Crippen LogP) is 4.24. The van der Waals surface area contributed by atoms with E-state index in [0.29, 0.717) is 5.70 Å². The molecular weight excluding hydrogens is 430 g/mol. The Bertz CT molecular complexity index is 1100. The summed E-state index contributed by atoms with van der Waals surface area (Å²) in [6, 6.07) is 4.70. The number of methoxy groups -OCH3 is 1. The molecule has 7 nitrogen and oxygen atoms in total. The highest BCUT2D eigenvalue weighted by molar-refractivity contribution is 5.96. The summed E-state index contributed by atoms with van der Waals surface area (Å²) < 4.78 is 33.6. The van der Waals surface area contributed by atoms with Crippen LogP contribution in [0.25, 0.3) is 0 Å². The third-order valence-corrected chi connectivity index (χ3v) is 4.99. The first-order chi connectivity index (χ1) is 15.5. The Morgan fingerprint density at radius 2 is 1.97 bits per heavy atom. The van der Waals surface area contributed by atoms with Gasteiger partial charge in [0.1, 0.15) is 17.5 Å². The maximum atomic E-state index is 14.6. The van der Waals surface area contributed by atoms with E-state index < -0.39 is 23.5 Å². The van der Waals surface area contributed by atoms with Crippen LogP contribution in [-0.4, -0.2) is 36.3 Å². The lowest BCUT2D eigenvalue weighted by Gasteiger charge is -2.22. The van der Waals surface area contributed by atoms with Crippen molar-refractivity contribution in [2.45, 2.75) is 34.1 Å². The van der Waals surface area contributed by atoms with Crippen molar-refractivity contribution in [3.8, 4) is 0 Å². The summed E-state index contributed by atoms with van der Waals surface area (Å²) in [4.78, 5) is 30.3. The van der Waals surface area contributed by atoms with Crippen molar-refractivity contribution in [1.29, 1.82) is 0 Å². The zero-order valence-electron chi connectivity index (χ0n) is 19.3. The van der Waals surface area contributed by atoms with Gasteiger partial charge in [-0.25, -0.2) is 18.6 Å². The van der Waals surface area contributed by atoms with Crippen LogP contribution in [0.15, 0.2) is 69.9 Å². The quantitative estimate of drug-likeness (QED) is 0.471. The second kappa shape index (κ2) is 11.2. The lowest BCUT2D eigenvalue weighted by Crippen LogP contribution is -2.30. The van der Waals surface area contributed by atoms with Gasteiger partial charge in [0.25, 0.3) is 5.91 Å². The average molecular weight is 459 g/mol. The molecule has 0 saturated heterocycles. The molecule has 1 heterocycles. The van der Waals surface area contributed by atoms with E-state index >= 15 is 0 Å². The first-order valence-corrected chi connectivity index (χ1v) is 10.2. The first-order valence-electron chi connectivity index (χ1n) is 10.2. The molecule has 33 heavy (non-hydrogen) atoms. The largest absolute Gasteiger partial charge is 0.466 e. The molecule has 0 atom stereocenters. The van der Waals surface area contributed by atoms with Crippen LogP contribution in [0, 0.1) is 12.7 Å². The number of hydrogen-bond acceptors (Lipinski definition) is 6. The Kier molecular flexibility index (Phi) is 8.67. The number of amidine groups is 1. The van der Waals surface area contributed by atoms with Crippen molar-refractivity contribution >= 4 is 23.4 Å². The van der Waals surface area contributed by atoms with Crippen molar-refractivity contribution in [2.75, 3.05) is 19.0 Å². The average Bonchev–Trinajstić information content (AvgIpc) is 2.92. The third kappa shape index (κ3) is 6.86. The minimum atomic E-state index is -0.635. The summed E-state index contributed by atoms with van der Waals surface area (Å²) >= 11 is 0. The Labute approximate surface area is 192 Å². The van der Waals surface area contributed by atoms with Crippen LogP contribution in [0.4, 0.5) is 14.5 Å². The number of aliphatic imine (C=N–C) groups is 1. The number of halogens is 2. The van der Waals surface area contributed by atoms with E-state index in [-0.39, 0.29) is 41.2 Å². The number of rotatable bonds is 7. The third-order valence-electron chi connectivity index (χ3n) is 4.99. The van der Waals surface area contributed by atoms with Gasteiger partial charge in [-0.15, -0.1) is 0 Å². The fourth-order valence-electron chi connectivity index (χ4n) is 2.97. The molecule has 1 aliphatic heterocycles. The van der Waals surface area contributed by atoms with Gasteiger partial charge in [0.15, 0.2) is 0 Å². The number of carbonyl (C=O) groups is 2. The molecule has 0 saturated carbocycles. The number of anilines is 1. The Morgan fingerprint density at radius 1 is 1.27 bits per heavy atom. The monoisotopic (exact) mass is 458 g/mol. The van der Waals surface area contributed by atoms with E-state index in [4.69, 9.17) is 10.5 Å². The number of ether oxygens (including phenoxy) is 1. The molecule has 0 bridgehead atoms. The van der Waals surface area contributed by atoms with E-state index in [2.05, 4.69) is 10.3 Å². The molecule has 1 aromatic carbocycles. The standard InChI is InChI=1S/C24H28F2N4O3/c1-14-6-7-21(20(26)10-14)29-17(4)16(3)23(31)30(12-15(2)24(32)33-5)13-18-8-9-28-22(27)11-19(18)25/h6-10,12,29H,11,13H2,1-5H3,(H2,27,28)/b15-12+,17-16+. The molecule has 0 fully saturated rings. The number of carbonyl (C=O) groups excluding carboxylic acids is 2. The Hall–Kier alpha value is -3.75. The number of aryl methyl sites for hydroxylation is 1. The minimum absolute atomic E-state index is 0.106. The number of amides is 1. The maximum Gasteiger partial charge on any atom is 0.334 e. The van der Waals surface area contributed by atoms with Crippen molar-refractivity contribution in [3.63, 3.8) is 0 Å². The molecule has 2 rings (SSSR count). The van der Waals surface area contributed by atoms with Crippen molar-refractivity contribution in [3.05, 3.63) is 76.3 Å². The summed E-state index contributed by atoms with van der Waals surface area (Å²) in [5.74, 6) is -2.03. The highest BCUT2D eigenvalue weighted by Gasteiger charge is 2.21. The summed E-state index contributed by atoms with van der Waals surface area (Å²) in [6.45, 7) is 6.25. The van der Waals surface area contributed by atoms with E-state index in [1.54, 1.807) is 32.9 Å². The number of nitrogens with zero attached hydrogens (tertiary/aromatic N) is 2. The van der Waals surface area contributed by atoms with Gasteiger partial charge in [-0.2, -0.15) is 0 Å². The minimum Gasteiger partial charge on any atom is -0.466 e. The van der Waals surface area contributed by atoms with Gasteiger partial charge in [0, 0.05) is 29.2 Å². The summed E-state index contributed by atoms with van der Waals surface area (Å²) in [7, 11) is 1.22. The van der Waals surface area contributed by atoms with Crippen LogP contribution in [0.3, 0.4) is 0 Å². The van der Waals surface area contributed by atoms with E-state index in [1.807, 2.05) is 0 Å². The second-order valence-corrected chi connectivity index (χ2v) is 7.64. The lowest BCUT2D eigenvalue weighted by molar-refractivity contribution is -0.136. The zero-order valence-corrected chi connectivity index (χ0v) is 19.3. The number of allylic oxidation sites excluding steroid dienone is 1. The molecule has 0 unspecified atom stereocenters. The molecule has 176 valence electrons. The van der Waals surface area contributed by atoms with Crippen LogP contribution in [-0.2, 0) is 14.3 Å². The Balaban J connectivity index is 2.40. The predicted molar refractivity (Wildman–Crippen MR) is 124 cm³/mol. The zero-order chi connectivity index (χ0) is 24.7. The molecule has 0 aromatic heterocycles. The van der Waals surface area contributed by atoms with Gasteiger partial charge >= 0.3 is 5.97 Å². The number of esters is 1. The van der Waals surface area contributed by atoms with Crippen LogP contribution in [0.5, 0.6) is 0 Å². The van der Waals surface area contributed by atoms with Gasteiger partial charge in [0.05, 0.1) is 31.3 Å². The summed E-state index contributed by atoms with van der Waals surface area (Å²) in [5.41, 5.74) is 7.57. The van der Waals surface area contributed by atoms with E-state index in [9.17, 15) is 18.4 Å². The van der Waals surface area contributed by atoms with Crippen LogP contribution >= 0.6 is 0 Å². The SMILES string of the molecule is COC(=O)/C(C)=C/N(CC1=C(F)CC(N)=NC=C1)C(=O)/C(C)=C(\C)Nc1ccc(C)cc1F. The highest BCUT2D eigenvalue weighted by atomic mass is 19.1. The number of benzene rings is 1. The molecule has 1 aliphatic rings. The number of nitrogens with one attached hydrogen (secondary N) is 1. The highest BCUT2D eigenvalue weighted by Crippen LogP contribution is 2.21. The van der Waals surface area contributed by atoms with E-state index in [0.717, 1.165) is 5.56 Å². The summed E-state index contributed by atoms with van der Waals surface area (Å²) in [5, 5.41) is 2.90. The number of nitrogens with two attached hydrogens (primary N) is 1. The van der Waals surface area contributed by atoms with Crippen LogP contribution < -0.4 is 11.1 Å². The van der Waals surface area contributed by atoms with Gasteiger partial charge in [-0.05, 0) is 51.5 Å². The van der Waals surface area contributed by atoms with Gasteiger partial charge < -0.3 is 20.7 Å².